The molecule has 0 spiro atoms. The summed E-state index contributed by atoms with van der Waals surface area (Å²) in [7, 11) is 0. The summed E-state index contributed by atoms with van der Waals surface area (Å²) in [5, 5.41) is 0. The molecule has 112 valence electrons. The van der Waals surface area contributed by atoms with Gasteiger partial charge in [0.2, 0.25) is 0 Å². The molecule has 0 nitrogen and oxygen atoms in total. The van der Waals surface area contributed by atoms with E-state index in [-0.39, 0.29) is 0 Å². The van der Waals surface area contributed by atoms with E-state index in [4.69, 9.17) is 0 Å². The highest BCUT2D eigenvalue weighted by Gasteiger charge is 2.19. The third-order valence-corrected chi connectivity index (χ3v) is 4.80. The molecule has 1 fully saturated rings. The lowest BCUT2D eigenvalue weighted by atomic mass is 9.79. The molecule has 1 aliphatic carbocycles. The fourth-order valence-electron chi connectivity index (χ4n) is 3.21. The maximum absolute atomic E-state index is 3.27. The van der Waals surface area contributed by atoms with Gasteiger partial charge in [-0.3, -0.25) is 0 Å². The highest BCUT2D eigenvalue weighted by atomic mass is 14.2. The first kappa shape index (κ1) is 14.9. The normalized spacial score (nSPS) is 21.0. The van der Waals surface area contributed by atoms with E-state index in [0.717, 1.165) is 23.0 Å². The Morgan fingerprint density at radius 3 is 1.77 bits per heavy atom. The van der Waals surface area contributed by atoms with Crippen molar-refractivity contribution in [3.8, 4) is 11.8 Å². The molecule has 0 bridgehead atoms. The summed E-state index contributed by atoms with van der Waals surface area (Å²) in [6.45, 7) is 4.47. The third kappa shape index (κ3) is 3.80. The molecule has 3 rings (SSSR count). The molecular weight excluding hydrogens is 264 g/mol. The van der Waals surface area contributed by atoms with E-state index in [1.54, 1.807) is 0 Å². The summed E-state index contributed by atoms with van der Waals surface area (Å²) in [6, 6.07) is 17.3. The summed E-state index contributed by atoms with van der Waals surface area (Å²) in [5.41, 5.74) is 4.95. The van der Waals surface area contributed by atoms with Crippen LogP contribution >= 0.6 is 0 Å². The van der Waals surface area contributed by atoms with Gasteiger partial charge in [0.15, 0.2) is 0 Å². The monoisotopic (exact) mass is 288 g/mol. The van der Waals surface area contributed by atoms with E-state index in [2.05, 4.69) is 74.2 Å². The molecule has 0 saturated heterocycles. The van der Waals surface area contributed by atoms with E-state index in [1.807, 2.05) is 0 Å². The highest BCUT2D eigenvalue weighted by molar-refractivity contribution is 5.44. The summed E-state index contributed by atoms with van der Waals surface area (Å²) in [6.07, 6.45) is 5.43. The van der Waals surface area contributed by atoms with Crippen LogP contribution in [0.4, 0.5) is 0 Å². The fourth-order valence-corrected chi connectivity index (χ4v) is 3.21. The van der Waals surface area contributed by atoms with E-state index >= 15 is 0 Å². The van der Waals surface area contributed by atoms with Crippen LogP contribution in [0.5, 0.6) is 0 Å². The Morgan fingerprint density at radius 1 is 0.727 bits per heavy atom. The van der Waals surface area contributed by atoms with Crippen LogP contribution in [0.25, 0.3) is 0 Å². The minimum atomic E-state index is 0.760. The van der Waals surface area contributed by atoms with Crippen molar-refractivity contribution in [3.63, 3.8) is 0 Å². The lowest BCUT2D eigenvalue weighted by Crippen LogP contribution is -2.10. The Balaban J connectivity index is 1.68. The molecule has 0 heterocycles. The molecule has 1 aliphatic rings. The topological polar surface area (TPSA) is 0 Å². The smallest absolute Gasteiger partial charge is 0.0249 e. The summed E-state index contributed by atoms with van der Waals surface area (Å²) >= 11 is 0. The number of hydrogen-bond donors (Lipinski definition) is 0. The Hall–Kier alpha value is -2.00. The molecule has 0 atom stereocenters. The van der Waals surface area contributed by atoms with Gasteiger partial charge >= 0.3 is 0 Å². The number of hydrogen-bond acceptors (Lipinski definition) is 0. The molecule has 0 radical (unpaired) electrons. The predicted molar refractivity (Wildman–Crippen MR) is 94.0 cm³/mol. The van der Waals surface area contributed by atoms with Crippen LogP contribution in [-0.2, 0) is 0 Å². The minimum Gasteiger partial charge on any atom is -0.0625 e. The molecule has 0 amide bonds. The Morgan fingerprint density at radius 2 is 1.23 bits per heavy atom. The van der Waals surface area contributed by atoms with Crippen LogP contribution in [0.2, 0.25) is 0 Å². The van der Waals surface area contributed by atoms with Gasteiger partial charge in [-0.15, -0.1) is 0 Å². The van der Waals surface area contributed by atoms with Gasteiger partial charge in [0.25, 0.3) is 0 Å². The molecule has 0 aliphatic heterocycles. The van der Waals surface area contributed by atoms with Gasteiger partial charge in [0.1, 0.15) is 0 Å². The molecule has 22 heavy (non-hydrogen) atoms. The van der Waals surface area contributed by atoms with Gasteiger partial charge < -0.3 is 0 Å². The second-order valence-electron chi connectivity index (χ2n) is 6.69. The SMILES string of the molecule is Cc1ccc(C#Cc2ccc(C3CCC(C)CC3)cc2)cc1. The third-order valence-electron chi connectivity index (χ3n) is 4.80. The number of rotatable bonds is 1. The largest absolute Gasteiger partial charge is 0.0625 e. The Labute approximate surface area is 134 Å². The molecule has 0 aromatic heterocycles. The van der Waals surface area contributed by atoms with Crippen molar-refractivity contribution in [2.45, 2.75) is 45.4 Å². The molecule has 0 N–H and O–H groups in total. The van der Waals surface area contributed by atoms with Crippen molar-refractivity contribution in [2.75, 3.05) is 0 Å². The number of benzene rings is 2. The first-order valence-corrected chi connectivity index (χ1v) is 8.39. The standard InChI is InChI=1S/C22H24/c1-17-3-7-19(8-4-17)9-10-20-11-15-22(16-12-20)21-13-5-18(2)6-14-21/h3-4,7-8,11-12,15-16,18,21H,5-6,13-14H2,1-2H3. The second-order valence-corrected chi connectivity index (χ2v) is 6.69. The lowest BCUT2D eigenvalue weighted by molar-refractivity contribution is 0.348. The van der Waals surface area contributed by atoms with Gasteiger partial charge in [-0.05, 0) is 61.4 Å². The minimum absolute atomic E-state index is 0.760. The summed E-state index contributed by atoms with van der Waals surface area (Å²) < 4.78 is 0. The van der Waals surface area contributed by atoms with Gasteiger partial charge in [-0.25, -0.2) is 0 Å². The molecule has 1 saturated carbocycles. The van der Waals surface area contributed by atoms with Crippen LogP contribution in [0.1, 0.15) is 60.8 Å². The van der Waals surface area contributed by atoms with Crippen LogP contribution in [0, 0.1) is 24.7 Å². The second kappa shape index (κ2) is 6.84. The zero-order valence-electron chi connectivity index (χ0n) is 13.6. The van der Waals surface area contributed by atoms with Gasteiger partial charge in [0.05, 0.1) is 0 Å². The Bertz CT molecular complexity index is 657. The van der Waals surface area contributed by atoms with Crippen LogP contribution in [0.3, 0.4) is 0 Å². The first-order valence-electron chi connectivity index (χ1n) is 8.39. The van der Waals surface area contributed by atoms with Crippen molar-refractivity contribution < 1.29 is 0 Å². The maximum Gasteiger partial charge on any atom is 0.0249 e. The van der Waals surface area contributed by atoms with Crippen molar-refractivity contribution in [2.24, 2.45) is 5.92 Å². The lowest BCUT2D eigenvalue weighted by Gasteiger charge is -2.26. The Kier molecular flexibility index (Phi) is 4.64. The molecule has 2 aromatic rings. The van der Waals surface area contributed by atoms with Crippen LogP contribution < -0.4 is 0 Å². The van der Waals surface area contributed by atoms with Crippen LogP contribution in [-0.4, -0.2) is 0 Å². The maximum atomic E-state index is 3.27. The molecular formula is C22H24. The van der Waals surface area contributed by atoms with Gasteiger partial charge in [-0.1, -0.05) is 61.4 Å². The summed E-state index contributed by atoms with van der Waals surface area (Å²) in [5.74, 6) is 8.18. The van der Waals surface area contributed by atoms with E-state index in [9.17, 15) is 0 Å². The van der Waals surface area contributed by atoms with E-state index < -0.39 is 0 Å². The molecule has 0 heteroatoms. The van der Waals surface area contributed by atoms with E-state index in [0.29, 0.717) is 0 Å². The highest BCUT2D eigenvalue weighted by Crippen LogP contribution is 2.35. The average molecular weight is 288 g/mol. The predicted octanol–water partition coefficient (Wildman–Crippen LogP) is 5.69. The first-order chi connectivity index (χ1) is 10.7. The summed E-state index contributed by atoms with van der Waals surface area (Å²) in [4.78, 5) is 0. The van der Waals surface area contributed by atoms with Gasteiger partial charge in [0, 0.05) is 11.1 Å². The zero-order chi connectivity index (χ0) is 15.4. The quantitative estimate of drug-likeness (QED) is 0.591. The molecule has 0 unspecified atom stereocenters. The van der Waals surface area contributed by atoms with E-state index in [1.165, 1.54) is 36.8 Å². The zero-order valence-corrected chi connectivity index (χ0v) is 13.6. The molecule has 2 aromatic carbocycles. The van der Waals surface area contributed by atoms with Crippen molar-refractivity contribution in [1.29, 1.82) is 0 Å². The van der Waals surface area contributed by atoms with Crippen molar-refractivity contribution >= 4 is 0 Å². The fraction of sp³-hybridized carbons (Fsp3) is 0.364. The van der Waals surface area contributed by atoms with Crippen molar-refractivity contribution in [3.05, 3.63) is 70.8 Å². The number of aryl methyl sites for hydroxylation is 1. The average Bonchev–Trinajstić information content (AvgIpc) is 2.56. The van der Waals surface area contributed by atoms with Crippen molar-refractivity contribution in [1.82, 2.24) is 0 Å². The van der Waals surface area contributed by atoms with Crippen LogP contribution in [0.15, 0.2) is 48.5 Å². The van der Waals surface area contributed by atoms with Gasteiger partial charge in [-0.2, -0.15) is 0 Å².